The van der Waals surface area contributed by atoms with E-state index >= 15 is 0 Å². The van der Waals surface area contributed by atoms with Gasteiger partial charge in [0.25, 0.3) is 0 Å². The molecule has 1 aromatic carbocycles. The highest BCUT2D eigenvalue weighted by molar-refractivity contribution is 8.01. The molecule has 0 spiro atoms. The number of esters is 1. The maximum atomic E-state index is 12.2. The second-order valence-corrected chi connectivity index (χ2v) is 7.53. The topological polar surface area (TPSA) is 120 Å². The van der Waals surface area contributed by atoms with E-state index in [9.17, 15) is 19.5 Å². The Morgan fingerprint density at radius 3 is 2.64 bits per heavy atom. The molecular formula is C16H18N2O5S2. The molecule has 0 aliphatic rings. The van der Waals surface area contributed by atoms with E-state index in [1.165, 1.54) is 23.1 Å². The van der Waals surface area contributed by atoms with Gasteiger partial charge in [-0.25, -0.2) is 4.98 Å². The molecule has 2 rings (SSSR count). The quantitative estimate of drug-likeness (QED) is 0.503. The molecule has 2 aromatic rings. The lowest BCUT2D eigenvalue weighted by molar-refractivity contribution is -0.157. The maximum Gasteiger partial charge on any atom is 0.310 e. The number of carboxylic acid groups (broad SMARTS) is 1. The molecule has 0 saturated heterocycles. The summed E-state index contributed by atoms with van der Waals surface area (Å²) in [5.41, 5.74) is 5.97. The minimum absolute atomic E-state index is 0.129. The molecule has 0 aliphatic carbocycles. The Morgan fingerprint density at radius 2 is 2.04 bits per heavy atom. The average molecular weight is 382 g/mol. The number of nitrogens with zero attached hydrogens (tertiary/aromatic N) is 1. The molecule has 0 saturated carbocycles. The van der Waals surface area contributed by atoms with E-state index < -0.39 is 36.1 Å². The van der Waals surface area contributed by atoms with Gasteiger partial charge in [-0.1, -0.05) is 23.9 Å². The van der Waals surface area contributed by atoms with Crippen LogP contribution in [0.15, 0.2) is 28.6 Å². The van der Waals surface area contributed by atoms with Crippen LogP contribution in [0, 0.1) is 11.8 Å². The molecule has 7 nitrogen and oxygen atoms in total. The van der Waals surface area contributed by atoms with Gasteiger partial charge in [-0.3, -0.25) is 14.4 Å². The smallest absolute Gasteiger partial charge is 0.310 e. The van der Waals surface area contributed by atoms with E-state index in [2.05, 4.69) is 4.98 Å². The number of benzene rings is 1. The van der Waals surface area contributed by atoms with Crippen molar-refractivity contribution in [3.8, 4) is 0 Å². The number of carbonyl (C=O) groups is 3. The van der Waals surface area contributed by atoms with E-state index in [1.807, 2.05) is 24.3 Å². The SMILES string of the molecule is CCOC(=O)C(CSc1nc2ccccc2s1)C(CC(N)=O)C(=O)O. The lowest BCUT2D eigenvalue weighted by atomic mass is 9.90. The summed E-state index contributed by atoms with van der Waals surface area (Å²) < 4.78 is 6.70. The predicted octanol–water partition coefficient (Wildman–Crippen LogP) is 2.14. The first kappa shape index (κ1) is 19.2. The Balaban J connectivity index is 2.17. The zero-order valence-corrected chi connectivity index (χ0v) is 15.1. The monoisotopic (exact) mass is 382 g/mol. The van der Waals surface area contributed by atoms with Crippen LogP contribution < -0.4 is 5.73 Å². The minimum atomic E-state index is -1.25. The first-order valence-corrected chi connectivity index (χ1v) is 9.38. The normalized spacial score (nSPS) is 13.3. The van der Waals surface area contributed by atoms with Crippen LogP contribution in [0.25, 0.3) is 10.2 Å². The van der Waals surface area contributed by atoms with Crippen molar-refractivity contribution in [2.75, 3.05) is 12.4 Å². The highest BCUT2D eigenvalue weighted by Crippen LogP contribution is 2.32. The van der Waals surface area contributed by atoms with Crippen molar-refractivity contribution < 1.29 is 24.2 Å². The van der Waals surface area contributed by atoms with Gasteiger partial charge >= 0.3 is 11.9 Å². The number of thiazole rings is 1. The van der Waals surface area contributed by atoms with Crippen molar-refractivity contribution in [2.45, 2.75) is 17.7 Å². The van der Waals surface area contributed by atoms with Gasteiger partial charge in [-0.05, 0) is 19.1 Å². The van der Waals surface area contributed by atoms with Gasteiger partial charge in [0.1, 0.15) is 0 Å². The number of rotatable bonds is 9. The van der Waals surface area contributed by atoms with Gasteiger partial charge in [0.15, 0.2) is 4.34 Å². The van der Waals surface area contributed by atoms with E-state index in [1.54, 1.807) is 6.92 Å². The summed E-state index contributed by atoms with van der Waals surface area (Å²) in [6.45, 7) is 1.77. The zero-order chi connectivity index (χ0) is 18.4. The summed E-state index contributed by atoms with van der Waals surface area (Å²) in [5, 5.41) is 9.38. The number of carboxylic acids is 1. The highest BCUT2D eigenvalue weighted by atomic mass is 32.2. The Bertz CT molecular complexity index is 744. The molecule has 1 heterocycles. The Morgan fingerprint density at radius 1 is 1.32 bits per heavy atom. The molecule has 134 valence electrons. The summed E-state index contributed by atoms with van der Waals surface area (Å²) in [6, 6.07) is 7.60. The number of para-hydroxylation sites is 1. The second-order valence-electron chi connectivity index (χ2n) is 5.23. The molecule has 25 heavy (non-hydrogen) atoms. The number of fused-ring (bicyclic) bond motifs is 1. The molecule has 2 unspecified atom stereocenters. The van der Waals surface area contributed by atoms with Crippen LogP contribution in [0.3, 0.4) is 0 Å². The van der Waals surface area contributed by atoms with Gasteiger partial charge in [0.05, 0.1) is 28.7 Å². The molecular weight excluding hydrogens is 364 g/mol. The molecule has 1 aromatic heterocycles. The van der Waals surface area contributed by atoms with Crippen molar-refractivity contribution in [3.05, 3.63) is 24.3 Å². The van der Waals surface area contributed by atoms with E-state index in [0.717, 1.165) is 14.6 Å². The van der Waals surface area contributed by atoms with Crippen LogP contribution in [0.5, 0.6) is 0 Å². The summed E-state index contributed by atoms with van der Waals surface area (Å²) in [6.07, 6.45) is -0.417. The average Bonchev–Trinajstić information content (AvgIpc) is 2.96. The van der Waals surface area contributed by atoms with Crippen LogP contribution in [-0.4, -0.2) is 40.3 Å². The Kier molecular flexibility index (Phi) is 6.77. The number of primary amides is 1. The number of carbonyl (C=O) groups excluding carboxylic acids is 2. The molecule has 2 atom stereocenters. The lowest BCUT2D eigenvalue weighted by Gasteiger charge is -2.20. The third kappa shape index (κ3) is 5.17. The summed E-state index contributed by atoms with van der Waals surface area (Å²) >= 11 is 2.73. The summed E-state index contributed by atoms with van der Waals surface area (Å²) in [5.74, 6) is -4.73. The van der Waals surface area contributed by atoms with Crippen molar-refractivity contribution in [2.24, 2.45) is 17.6 Å². The van der Waals surface area contributed by atoms with Gasteiger partial charge in [-0.2, -0.15) is 0 Å². The van der Waals surface area contributed by atoms with Crippen LogP contribution in [0.1, 0.15) is 13.3 Å². The van der Waals surface area contributed by atoms with Crippen LogP contribution in [-0.2, 0) is 19.1 Å². The first-order valence-electron chi connectivity index (χ1n) is 7.58. The lowest BCUT2D eigenvalue weighted by Crippen LogP contribution is -2.36. The van der Waals surface area contributed by atoms with Gasteiger partial charge < -0.3 is 15.6 Å². The third-order valence-electron chi connectivity index (χ3n) is 3.47. The number of ether oxygens (including phenoxy) is 1. The largest absolute Gasteiger partial charge is 0.481 e. The van der Waals surface area contributed by atoms with E-state index in [0.29, 0.717) is 0 Å². The number of aliphatic carboxylic acids is 1. The van der Waals surface area contributed by atoms with Crippen molar-refractivity contribution in [3.63, 3.8) is 0 Å². The zero-order valence-electron chi connectivity index (χ0n) is 13.5. The standard InChI is InChI=1S/C16H18N2O5S2/c1-2-23-15(22)10(9(14(20)21)7-13(17)19)8-24-16-18-11-5-3-4-6-12(11)25-16/h3-6,9-10H,2,7-8H2,1H3,(H2,17,19)(H,20,21). The van der Waals surface area contributed by atoms with Crippen molar-refractivity contribution in [1.29, 1.82) is 0 Å². The molecule has 3 N–H and O–H groups in total. The Labute approximate surface area is 152 Å². The molecule has 9 heteroatoms. The fraction of sp³-hybridized carbons (Fsp3) is 0.375. The number of hydrogen-bond donors (Lipinski definition) is 2. The van der Waals surface area contributed by atoms with Gasteiger partial charge in [0.2, 0.25) is 5.91 Å². The fourth-order valence-electron chi connectivity index (χ4n) is 2.29. The second kappa shape index (κ2) is 8.82. The highest BCUT2D eigenvalue weighted by Gasteiger charge is 2.36. The van der Waals surface area contributed by atoms with Crippen LogP contribution >= 0.6 is 23.1 Å². The first-order chi connectivity index (χ1) is 11.9. The van der Waals surface area contributed by atoms with E-state index in [4.69, 9.17) is 10.5 Å². The number of thioether (sulfide) groups is 1. The van der Waals surface area contributed by atoms with E-state index in [-0.39, 0.29) is 12.4 Å². The van der Waals surface area contributed by atoms with Crippen molar-refractivity contribution in [1.82, 2.24) is 4.98 Å². The summed E-state index contributed by atoms with van der Waals surface area (Å²) in [4.78, 5) is 39.3. The van der Waals surface area contributed by atoms with Crippen LogP contribution in [0.2, 0.25) is 0 Å². The van der Waals surface area contributed by atoms with Crippen molar-refractivity contribution >= 4 is 51.2 Å². The number of amides is 1. The maximum absolute atomic E-state index is 12.2. The molecule has 0 bridgehead atoms. The molecule has 0 fully saturated rings. The molecule has 1 amide bonds. The number of aromatic nitrogens is 1. The fourth-order valence-corrected chi connectivity index (χ4v) is 4.55. The summed E-state index contributed by atoms with van der Waals surface area (Å²) in [7, 11) is 0. The molecule has 0 aliphatic heterocycles. The minimum Gasteiger partial charge on any atom is -0.481 e. The Hall–Kier alpha value is -2.13. The predicted molar refractivity (Wildman–Crippen MR) is 95.4 cm³/mol. The third-order valence-corrected chi connectivity index (χ3v) is 5.77. The van der Waals surface area contributed by atoms with Crippen LogP contribution in [0.4, 0.5) is 0 Å². The molecule has 0 radical (unpaired) electrons. The number of hydrogen-bond acceptors (Lipinski definition) is 7. The number of nitrogens with two attached hydrogens (primary N) is 1. The van der Waals surface area contributed by atoms with Gasteiger partial charge in [-0.15, -0.1) is 11.3 Å². The van der Waals surface area contributed by atoms with Gasteiger partial charge in [0, 0.05) is 12.2 Å².